The number of fused-ring (bicyclic) bond motifs is 2. The van der Waals surface area contributed by atoms with Gasteiger partial charge in [0.25, 0.3) is 0 Å². The van der Waals surface area contributed by atoms with Gasteiger partial charge in [-0.15, -0.1) is 0 Å². The number of halogens is 2. The first-order chi connectivity index (χ1) is 15.7. The molecule has 0 atom stereocenters. The molecule has 4 aromatic rings. The number of ether oxygens (including phenoxy) is 2. The van der Waals surface area contributed by atoms with E-state index >= 15 is 0 Å². The van der Waals surface area contributed by atoms with E-state index in [1.54, 1.807) is 0 Å². The number of hydrogen-bond acceptors (Lipinski definition) is 2. The summed E-state index contributed by atoms with van der Waals surface area (Å²) < 4.78 is 15.2. The molecule has 32 heavy (non-hydrogen) atoms. The number of unbranched alkanes of at least 4 members (excludes halogenated alkanes) is 2. The SMILES string of the molecule is CCCCOc1c(I)cc2ccccc2c1-c1c(OCCCC)c(I)cc2ccccc12. The van der Waals surface area contributed by atoms with Gasteiger partial charge in [0.2, 0.25) is 0 Å². The average Bonchev–Trinajstić information content (AvgIpc) is 2.80. The molecule has 0 amide bonds. The van der Waals surface area contributed by atoms with Crippen LogP contribution in [0, 0.1) is 7.14 Å². The summed E-state index contributed by atoms with van der Waals surface area (Å²) in [6.45, 7) is 5.82. The summed E-state index contributed by atoms with van der Waals surface area (Å²) in [6, 6.07) is 21.7. The third kappa shape index (κ3) is 4.86. The zero-order valence-corrected chi connectivity index (χ0v) is 22.9. The fourth-order valence-electron chi connectivity index (χ4n) is 4.00. The molecule has 4 heteroatoms. The van der Waals surface area contributed by atoms with E-state index in [2.05, 4.69) is 120 Å². The molecule has 0 heterocycles. The topological polar surface area (TPSA) is 18.5 Å². The lowest BCUT2D eigenvalue weighted by molar-refractivity contribution is 0.304. The van der Waals surface area contributed by atoms with E-state index < -0.39 is 0 Å². The van der Waals surface area contributed by atoms with Crippen LogP contribution in [0.5, 0.6) is 11.5 Å². The van der Waals surface area contributed by atoms with Gasteiger partial charge < -0.3 is 9.47 Å². The third-order valence-electron chi connectivity index (χ3n) is 5.65. The average molecular weight is 650 g/mol. The molecule has 0 unspecified atom stereocenters. The van der Waals surface area contributed by atoms with Crippen LogP contribution in [0.2, 0.25) is 0 Å². The maximum absolute atomic E-state index is 6.47. The predicted molar refractivity (Wildman–Crippen MR) is 153 cm³/mol. The van der Waals surface area contributed by atoms with Crippen molar-refractivity contribution < 1.29 is 9.47 Å². The minimum atomic E-state index is 0.714. The molecule has 0 bridgehead atoms. The minimum absolute atomic E-state index is 0.714. The largest absolute Gasteiger partial charge is 0.492 e. The van der Waals surface area contributed by atoms with Crippen molar-refractivity contribution in [1.82, 2.24) is 0 Å². The van der Waals surface area contributed by atoms with Crippen molar-refractivity contribution in [2.24, 2.45) is 0 Å². The molecule has 0 fully saturated rings. The lowest BCUT2D eigenvalue weighted by Crippen LogP contribution is -2.04. The zero-order valence-electron chi connectivity index (χ0n) is 18.6. The lowest BCUT2D eigenvalue weighted by Gasteiger charge is -2.22. The highest BCUT2D eigenvalue weighted by Gasteiger charge is 2.23. The molecule has 0 aliphatic heterocycles. The van der Waals surface area contributed by atoms with Crippen LogP contribution in [-0.4, -0.2) is 13.2 Å². The van der Waals surface area contributed by atoms with Crippen LogP contribution in [0.1, 0.15) is 39.5 Å². The molecule has 0 aliphatic carbocycles. The molecule has 2 nitrogen and oxygen atoms in total. The van der Waals surface area contributed by atoms with Crippen LogP contribution < -0.4 is 9.47 Å². The van der Waals surface area contributed by atoms with Gasteiger partial charge in [-0.25, -0.2) is 0 Å². The molecule has 0 aromatic heterocycles. The monoisotopic (exact) mass is 650 g/mol. The van der Waals surface area contributed by atoms with Crippen molar-refractivity contribution in [1.29, 1.82) is 0 Å². The highest BCUT2D eigenvalue weighted by atomic mass is 127. The van der Waals surface area contributed by atoms with Gasteiger partial charge in [0.05, 0.1) is 20.4 Å². The third-order valence-corrected chi connectivity index (χ3v) is 7.25. The summed E-state index contributed by atoms with van der Waals surface area (Å²) >= 11 is 4.85. The van der Waals surface area contributed by atoms with Gasteiger partial charge in [0.1, 0.15) is 11.5 Å². The highest BCUT2D eigenvalue weighted by molar-refractivity contribution is 14.1. The molecular weight excluding hydrogens is 622 g/mol. The van der Waals surface area contributed by atoms with Crippen LogP contribution in [-0.2, 0) is 0 Å². The summed E-state index contributed by atoms with van der Waals surface area (Å²) in [5.41, 5.74) is 2.29. The van der Waals surface area contributed by atoms with E-state index in [0.29, 0.717) is 13.2 Å². The van der Waals surface area contributed by atoms with Crippen LogP contribution in [0.15, 0.2) is 60.7 Å². The second kappa shape index (κ2) is 11.1. The number of benzene rings is 4. The van der Waals surface area contributed by atoms with Gasteiger partial charge >= 0.3 is 0 Å². The highest BCUT2D eigenvalue weighted by Crippen LogP contribution is 2.49. The van der Waals surface area contributed by atoms with Crippen molar-refractivity contribution in [3.8, 4) is 22.6 Å². The lowest BCUT2D eigenvalue weighted by atomic mass is 9.92. The first kappa shape index (κ1) is 23.6. The van der Waals surface area contributed by atoms with Gasteiger partial charge in [-0.05, 0) is 91.7 Å². The van der Waals surface area contributed by atoms with E-state index in [4.69, 9.17) is 9.47 Å². The van der Waals surface area contributed by atoms with Crippen LogP contribution >= 0.6 is 45.2 Å². The summed E-state index contributed by atoms with van der Waals surface area (Å²) in [5.74, 6) is 1.93. The van der Waals surface area contributed by atoms with E-state index in [9.17, 15) is 0 Å². The molecule has 0 spiro atoms. The Morgan fingerprint density at radius 2 is 1.03 bits per heavy atom. The Morgan fingerprint density at radius 3 is 1.44 bits per heavy atom. The van der Waals surface area contributed by atoms with E-state index in [0.717, 1.165) is 55.4 Å². The Hall–Kier alpha value is -1.54. The summed E-state index contributed by atoms with van der Waals surface area (Å²) in [4.78, 5) is 0. The summed E-state index contributed by atoms with van der Waals surface area (Å²) in [6.07, 6.45) is 4.29. The predicted octanol–water partition coefficient (Wildman–Crippen LogP) is 9.23. The fourth-order valence-corrected chi connectivity index (χ4v) is 5.53. The zero-order chi connectivity index (χ0) is 22.5. The van der Waals surface area contributed by atoms with Crippen LogP contribution in [0.3, 0.4) is 0 Å². The second-order valence-corrected chi connectivity index (χ2v) is 10.3. The quantitative estimate of drug-likeness (QED) is 0.133. The van der Waals surface area contributed by atoms with Crippen LogP contribution in [0.25, 0.3) is 32.7 Å². The van der Waals surface area contributed by atoms with Crippen molar-refractivity contribution in [3.63, 3.8) is 0 Å². The Labute approximate surface area is 218 Å². The van der Waals surface area contributed by atoms with Gasteiger partial charge in [-0.1, -0.05) is 75.2 Å². The molecule has 4 rings (SSSR count). The van der Waals surface area contributed by atoms with Crippen molar-refractivity contribution in [2.45, 2.75) is 39.5 Å². The van der Waals surface area contributed by atoms with E-state index in [1.165, 1.54) is 21.5 Å². The molecule has 0 saturated carbocycles. The summed E-state index contributed by atoms with van der Waals surface area (Å²) in [7, 11) is 0. The normalized spacial score (nSPS) is 11.2. The van der Waals surface area contributed by atoms with Crippen molar-refractivity contribution in [3.05, 3.63) is 67.8 Å². The Balaban J connectivity index is 2.07. The fraction of sp³-hybridized carbons (Fsp3) is 0.286. The summed E-state index contributed by atoms with van der Waals surface area (Å²) in [5, 5.41) is 4.84. The Bertz CT molecular complexity index is 1140. The van der Waals surface area contributed by atoms with Crippen LogP contribution in [0.4, 0.5) is 0 Å². The number of rotatable bonds is 9. The standard InChI is InChI=1S/C28H28I2O2/c1-3-5-15-31-27-23(29)17-19-11-7-9-13-21(19)25(27)26-22-14-10-8-12-20(22)18-24(30)28(26)32-16-6-4-2/h7-14,17-18H,3-6,15-16H2,1-2H3. The molecule has 0 saturated heterocycles. The first-order valence-electron chi connectivity index (χ1n) is 11.3. The molecule has 166 valence electrons. The Kier molecular flexibility index (Phi) is 8.16. The first-order valence-corrected chi connectivity index (χ1v) is 13.5. The molecule has 0 aliphatic rings. The Morgan fingerprint density at radius 1 is 0.625 bits per heavy atom. The molecule has 4 aromatic carbocycles. The van der Waals surface area contributed by atoms with Gasteiger partial charge in [-0.2, -0.15) is 0 Å². The van der Waals surface area contributed by atoms with E-state index in [-0.39, 0.29) is 0 Å². The van der Waals surface area contributed by atoms with Crippen molar-refractivity contribution >= 4 is 66.7 Å². The second-order valence-electron chi connectivity index (χ2n) is 7.97. The van der Waals surface area contributed by atoms with E-state index in [1.807, 2.05) is 0 Å². The smallest absolute Gasteiger partial charge is 0.141 e. The number of hydrogen-bond donors (Lipinski definition) is 0. The minimum Gasteiger partial charge on any atom is -0.492 e. The van der Waals surface area contributed by atoms with Gasteiger partial charge in [0.15, 0.2) is 0 Å². The molecule has 0 radical (unpaired) electrons. The maximum atomic E-state index is 6.47. The van der Waals surface area contributed by atoms with Gasteiger partial charge in [-0.3, -0.25) is 0 Å². The van der Waals surface area contributed by atoms with Gasteiger partial charge in [0, 0.05) is 11.1 Å². The molecular formula is C28H28I2O2. The van der Waals surface area contributed by atoms with Crippen molar-refractivity contribution in [2.75, 3.05) is 13.2 Å². The molecule has 0 N–H and O–H groups in total. The maximum Gasteiger partial charge on any atom is 0.141 e.